The summed E-state index contributed by atoms with van der Waals surface area (Å²) in [7, 11) is 0. The van der Waals surface area contributed by atoms with Gasteiger partial charge in [0.1, 0.15) is 17.3 Å². The fourth-order valence-corrected chi connectivity index (χ4v) is 10.3. The van der Waals surface area contributed by atoms with Gasteiger partial charge in [0, 0.05) is 11.8 Å². The quantitative estimate of drug-likeness (QED) is 0.147. The van der Waals surface area contributed by atoms with E-state index < -0.39 is 11.6 Å². The summed E-state index contributed by atoms with van der Waals surface area (Å²) in [6.07, 6.45) is 17.3. The molecule has 2 aromatic rings. The van der Waals surface area contributed by atoms with Crippen molar-refractivity contribution in [2.75, 3.05) is 0 Å². The number of carbonyl (C=O) groups excluding carboxylic acids is 1. The summed E-state index contributed by atoms with van der Waals surface area (Å²) in [5, 5.41) is 0.735. The molecule has 1 heterocycles. The second-order valence-electron chi connectivity index (χ2n) is 15.2. The Balaban J connectivity index is 1.15. The number of benzene rings is 1. The second-order valence-corrected chi connectivity index (χ2v) is 15.2. The topological polar surface area (TPSA) is 56.5 Å². The largest absolute Gasteiger partial charge is 0.458 e. The van der Waals surface area contributed by atoms with Crippen LogP contribution in [0.5, 0.6) is 0 Å². The van der Waals surface area contributed by atoms with Gasteiger partial charge in [0.2, 0.25) is 0 Å². The second kappa shape index (κ2) is 10.7. The van der Waals surface area contributed by atoms with Gasteiger partial charge < -0.3 is 9.15 Å². The Morgan fingerprint density at radius 1 is 1.00 bits per heavy atom. The van der Waals surface area contributed by atoms with E-state index in [-0.39, 0.29) is 17.1 Å². The highest BCUT2D eigenvalue weighted by molar-refractivity contribution is 5.92. The third kappa shape index (κ3) is 4.91. The molecule has 4 aliphatic carbocycles. The van der Waals surface area contributed by atoms with Crippen molar-refractivity contribution in [2.24, 2.45) is 39.9 Å². The van der Waals surface area contributed by atoms with Gasteiger partial charge in [-0.2, -0.15) is 0 Å². The lowest BCUT2D eigenvalue weighted by molar-refractivity contribution is -0.110. The van der Waals surface area contributed by atoms with Gasteiger partial charge in [-0.05, 0) is 103 Å². The molecule has 4 aliphatic rings. The zero-order valence-electron chi connectivity index (χ0n) is 26.0. The number of rotatable bonds is 7. The maximum atomic E-state index is 13.1. The van der Waals surface area contributed by atoms with Gasteiger partial charge in [0.15, 0.2) is 0 Å². The third-order valence-electron chi connectivity index (χ3n) is 12.5. The minimum Gasteiger partial charge on any atom is -0.458 e. The Morgan fingerprint density at radius 2 is 1.80 bits per heavy atom. The van der Waals surface area contributed by atoms with Crippen LogP contribution in [0.1, 0.15) is 122 Å². The first-order valence-corrected chi connectivity index (χ1v) is 16.5. The first-order chi connectivity index (χ1) is 19.5. The number of hydrogen-bond donors (Lipinski definition) is 0. The van der Waals surface area contributed by atoms with Crippen molar-refractivity contribution >= 4 is 16.9 Å². The van der Waals surface area contributed by atoms with E-state index in [9.17, 15) is 9.59 Å². The molecule has 1 aromatic heterocycles. The predicted molar refractivity (Wildman–Crippen MR) is 165 cm³/mol. The van der Waals surface area contributed by atoms with Crippen LogP contribution in [0.25, 0.3) is 11.0 Å². The molecular formula is C37H50O4. The van der Waals surface area contributed by atoms with Crippen LogP contribution >= 0.6 is 0 Å². The van der Waals surface area contributed by atoms with Crippen molar-refractivity contribution < 1.29 is 13.9 Å². The first kappa shape index (κ1) is 28.7. The van der Waals surface area contributed by atoms with E-state index in [2.05, 4.69) is 40.7 Å². The molecule has 0 spiro atoms. The summed E-state index contributed by atoms with van der Waals surface area (Å²) in [4.78, 5) is 25.7. The number of para-hydroxylation sites is 1. The molecule has 7 atom stereocenters. The Hall–Kier alpha value is -2.36. The van der Waals surface area contributed by atoms with Crippen LogP contribution in [-0.2, 0) is 4.74 Å². The molecule has 0 saturated heterocycles. The Labute approximate surface area is 246 Å². The number of fused-ring (bicyclic) bond motifs is 6. The number of allylic oxidation sites excluding steroid dienone is 1. The molecule has 222 valence electrons. The van der Waals surface area contributed by atoms with Crippen LogP contribution < -0.4 is 5.63 Å². The lowest BCUT2D eigenvalue weighted by Gasteiger charge is -2.63. The molecule has 0 aliphatic heterocycles. The van der Waals surface area contributed by atoms with Gasteiger partial charge >= 0.3 is 11.6 Å². The highest BCUT2D eigenvalue weighted by atomic mass is 16.5. The van der Waals surface area contributed by atoms with Gasteiger partial charge in [-0.25, -0.2) is 9.59 Å². The summed E-state index contributed by atoms with van der Waals surface area (Å²) >= 11 is 0. The van der Waals surface area contributed by atoms with Gasteiger partial charge in [-0.1, -0.05) is 83.7 Å². The molecular weight excluding hydrogens is 508 g/mol. The van der Waals surface area contributed by atoms with Gasteiger partial charge in [0.25, 0.3) is 0 Å². The minimum absolute atomic E-state index is 0.00575. The number of ether oxygens (including phenoxy) is 1. The summed E-state index contributed by atoms with van der Waals surface area (Å²) in [6, 6.07) is 8.89. The number of carbonyl (C=O) groups is 1. The van der Waals surface area contributed by atoms with Crippen LogP contribution in [0.3, 0.4) is 0 Å². The van der Waals surface area contributed by atoms with E-state index in [0.717, 1.165) is 48.8 Å². The lowest BCUT2D eigenvalue weighted by atomic mass is 9.41. The average molecular weight is 559 g/mol. The molecule has 2 unspecified atom stereocenters. The monoisotopic (exact) mass is 558 g/mol. The van der Waals surface area contributed by atoms with Crippen molar-refractivity contribution in [3.8, 4) is 0 Å². The summed E-state index contributed by atoms with van der Waals surface area (Å²) in [5.74, 6) is 2.65. The highest BCUT2D eigenvalue weighted by Crippen LogP contribution is 2.71. The van der Waals surface area contributed by atoms with Crippen molar-refractivity contribution in [2.45, 2.75) is 118 Å². The van der Waals surface area contributed by atoms with Crippen molar-refractivity contribution in [1.29, 1.82) is 0 Å². The smallest absolute Gasteiger partial charge is 0.351 e. The fraction of sp³-hybridized carbons (Fsp3) is 0.676. The fourth-order valence-electron chi connectivity index (χ4n) is 10.3. The zero-order valence-corrected chi connectivity index (χ0v) is 26.0. The maximum Gasteiger partial charge on any atom is 0.351 e. The van der Waals surface area contributed by atoms with E-state index in [4.69, 9.17) is 9.15 Å². The summed E-state index contributed by atoms with van der Waals surface area (Å²) < 4.78 is 11.4. The van der Waals surface area contributed by atoms with E-state index in [0.29, 0.717) is 22.3 Å². The third-order valence-corrected chi connectivity index (χ3v) is 12.5. The average Bonchev–Trinajstić information content (AvgIpc) is 3.28. The molecule has 4 heteroatoms. The molecule has 41 heavy (non-hydrogen) atoms. The number of unbranched alkanes of at least 4 members (excludes halogenated alkanes) is 1. The number of esters is 1. The van der Waals surface area contributed by atoms with Gasteiger partial charge in [-0.15, -0.1) is 0 Å². The molecule has 4 nitrogen and oxygen atoms in total. The highest BCUT2D eigenvalue weighted by Gasteiger charge is 2.63. The van der Waals surface area contributed by atoms with E-state index in [1.807, 2.05) is 18.2 Å². The summed E-state index contributed by atoms with van der Waals surface area (Å²) in [5.41, 5.74) is 2.36. The molecule has 3 fully saturated rings. The normalized spacial score (nSPS) is 36.4. The Bertz CT molecular complexity index is 1380. The van der Waals surface area contributed by atoms with Crippen LogP contribution in [0.4, 0.5) is 0 Å². The van der Waals surface area contributed by atoms with Crippen molar-refractivity contribution in [3.63, 3.8) is 0 Å². The Kier molecular flexibility index (Phi) is 7.52. The number of hydrogen-bond acceptors (Lipinski definition) is 4. The molecule has 0 N–H and O–H groups in total. The molecule has 6 rings (SSSR count). The van der Waals surface area contributed by atoms with Gasteiger partial charge in [-0.3, -0.25) is 0 Å². The molecule has 0 amide bonds. The van der Waals surface area contributed by atoms with E-state index >= 15 is 0 Å². The molecule has 0 radical (unpaired) electrons. The van der Waals surface area contributed by atoms with Crippen LogP contribution in [0.15, 0.2) is 51.2 Å². The lowest BCUT2D eigenvalue weighted by Crippen LogP contribution is -2.56. The SMILES string of the molecule is CC(C)CCCC[C@H]1CCC2[C@]3(C)CC=C4C[C@@H](OC(=O)c5cc6ccccc6oc5=O)CC[C@]4(C)C3CC[C@@]21C. The predicted octanol–water partition coefficient (Wildman–Crippen LogP) is 9.50. The summed E-state index contributed by atoms with van der Waals surface area (Å²) in [6.45, 7) is 12.5. The van der Waals surface area contributed by atoms with Crippen LogP contribution in [-0.4, -0.2) is 12.1 Å². The zero-order chi connectivity index (χ0) is 29.0. The minimum atomic E-state index is -0.623. The maximum absolute atomic E-state index is 13.1. The van der Waals surface area contributed by atoms with Gasteiger partial charge in [0.05, 0.1) is 0 Å². The first-order valence-electron chi connectivity index (χ1n) is 16.5. The molecule has 1 aromatic carbocycles. The van der Waals surface area contributed by atoms with Crippen LogP contribution in [0, 0.1) is 39.9 Å². The van der Waals surface area contributed by atoms with Crippen molar-refractivity contribution in [3.05, 3.63) is 58.0 Å². The standard InChI is InChI=1S/C37H50O4/c1-24(2)10-6-8-12-26-14-15-31-35(26,3)21-18-32-36(4)20-17-28(23-27(36)16-19-37(31,32)5)40-33(38)29-22-25-11-7-9-13-30(25)41-34(29)39/h7,9,11,13,16,22,24,26,28,31-32H,6,8,10,12,14-15,17-21,23H2,1-5H3/t26-,28-,31?,32?,35+,36-,37-/m0/s1. The van der Waals surface area contributed by atoms with E-state index in [1.165, 1.54) is 56.9 Å². The molecule has 0 bridgehead atoms. The van der Waals surface area contributed by atoms with E-state index in [1.54, 1.807) is 12.1 Å². The van der Waals surface area contributed by atoms with Crippen LogP contribution in [0.2, 0.25) is 0 Å². The molecule has 3 saturated carbocycles. The Morgan fingerprint density at radius 3 is 2.61 bits per heavy atom. The van der Waals surface area contributed by atoms with Crippen molar-refractivity contribution in [1.82, 2.24) is 0 Å².